The van der Waals surface area contributed by atoms with Crippen molar-refractivity contribution in [3.05, 3.63) is 59.7 Å². The predicted octanol–water partition coefficient (Wildman–Crippen LogP) is 1.48. The maximum Gasteiger partial charge on any atom is 0.417 e. The van der Waals surface area contributed by atoms with Gasteiger partial charge < -0.3 is 14.2 Å². The number of nitrogens with one attached hydrogen (secondary N) is 1. The van der Waals surface area contributed by atoms with Gasteiger partial charge in [0.2, 0.25) is 10.0 Å². The molecule has 2 aromatic carbocycles. The number of amides is 2. The van der Waals surface area contributed by atoms with Crippen molar-refractivity contribution in [2.24, 2.45) is 0 Å². The van der Waals surface area contributed by atoms with E-state index in [1.54, 1.807) is 30.3 Å². The van der Waals surface area contributed by atoms with Gasteiger partial charge in [0.1, 0.15) is 10.6 Å². The zero-order chi connectivity index (χ0) is 22.6. The molecule has 11 heteroatoms. The molecule has 0 spiro atoms. The van der Waals surface area contributed by atoms with E-state index in [2.05, 4.69) is 9.46 Å². The van der Waals surface area contributed by atoms with Gasteiger partial charge in [-0.1, -0.05) is 30.3 Å². The molecule has 0 aliphatic carbocycles. The summed E-state index contributed by atoms with van der Waals surface area (Å²) in [5.74, 6) is -1.29. The molecular weight excluding hydrogens is 428 g/mol. The molecule has 1 fully saturated rings. The molecule has 1 heterocycles. The van der Waals surface area contributed by atoms with Crippen molar-refractivity contribution in [1.29, 1.82) is 0 Å². The van der Waals surface area contributed by atoms with Crippen LogP contribution in [-0.2, 0) is 24.3 Å². The molecule has 0 aromatic heterocycles. The number of hydrogen-bond donors (Lipinski definition) is 1. The van der Waals surface area contributed by atoms with Gasteiger partial charge in [-0.05, 0) is 23.8 Å². The average Bonchev–Trinajstić information content (AvgIpc) is 3.10. The lowest BCUT2D eigenvalue weighted by Gasteiger charge is -2.23. The predicted molar refractivity (Wildman–Crippen MR) is 107 cm³/mol. The maximum atomic E-state index is 13.2. The molecule has 2 aromatic rings. The first-order valence-corrected chi connectivity index (χ1v) is 10.6. The van der Waals surface area contributed by atoms with Gasteiger partial charge in [0.15, 0.2) is 6.61 Å². The van der Waals surface area contributed by atoms with Crippen molar-refractivity contribution in [3.8, 4) is 5.75 Å². The highest BCUT2D eigenvalue weighted by atomic mass is 32.2. The third-order valence-corrected chi connectivity index (χ3v) is 6.07. The molecule has 0 saturated carbocycles. The molecule has 0 bridgehead atoms. The van der Waals surface area contributed by atoms with E-state index in [1.807, 2.05) is 0 Å². The zero-order valence-electron chi connectivity index (χ0n) is 16.7. The number of cyclic esters (lactones) is 1. The molecule has 31 heavy (non-hydrogen) atoms. The third-order valence-electron chi connectivity index (χ3n) is 4.58. The number of hydrogen-bond acceptors (Lipinski definition) is 8. The van der Waals surface area contributed by atoms with Gasteiger partial charge in [-0.25, -0.2) is 27.6 Å². The molecule has 1 aliphatic heterocycles. The number of benzene rings is 2. The lowest BCUT2D eigenvalue weighted by atomic mass is 10.1. The molecule has 0 radical (unpaired) electrons. The van der Waals surface area contributed by atoms with E-state index in [4.69, 9.17) is 9.47 Å². The number of methoxy groups -OCH3 is 2. The van der Waals surface area contributed by atoms with Crippen LogP contribution in [0.3, 0.4) is 0 Å². The zero-order valence-corrected chi connectivity index (χ0v) is 17.5. The minimum Gasteiger partial charge on any atom is -0.495 e. The molecule has 2 amide bonds. The summed E-state index contributed by atoms with van der Waals surface area (Å²) in [4.78, 5) is 36.2. The second-order valence-corrected chi connectivity index (χ2v) is 8.18. The van der Waals surface area contributed by atoms with E-state index in [9.17, 15) is 22.8 Å². The Morgan fingerprint density at radius 1 is 1.16 bits per heavy atom. The summed E-state index contributed by atoms with van der Waals surface area (Å²) in [6, 6.07) is 11.3. The van der Waals surface area contributed by atoms with Crippen LogP contribution in [0, 0.1) is 0 Å². The summed E-state index contributed by atoms with van der Waals surface area (Å²) in [6.45, 7) is -0.679. The molecule has 1 N–H and O–H groups in total. The molecule has 10 nitrogen and oxygen atoms in total. The van der Waals surface area contributed by atoms with E-state index in [0.717, 1.165) is 11.0 Å². The van der Waals surface area contributed by atoms with Crippen LogP contribution in [0.25, 0.3) is 0 Å². The second kappa shape index (κ2) is 9.14. The molecule has 1 saturated heterocycles. The first-order chi connectivity index (χ1) is 14.8. The Hall–Kier alpha value is -3.44. The van der Waals surface area contributed by atoms with Crippen LogP contribution in [0.5, 0.6) is 5.75 Å². The summed E-state index contributed by atoms with van der Waals surface area (Å²) < 4.78 is 43.5. The molecule has 3 rings (SSSR count). The number of carbonyl (C=O) groups is 3. The highest BCUT2D eigenvalue weighted by molar-refractivity contribution is 7.89. The fourth-order valence-corrected chi connectivity index (χ4v) is 4.43. The number of rotatable bonds is 8. The Labute approximate surface area is 178 Å². The van der Waals surface area contributed by atoms with Gasteiger partial charge in [0, 0.05) is 0 Å². The third kappa shape index (κ3) is 4.84. The van der Waals surface area contributed by atoms with Crippen molar-refractivity contribution in [2.75, 3.05) is 27.4 Å². The van der Waals surface area contributed by atoms with Crippen LogP contribution in [0.2, 0.25) is 0 Å². The van der Waals surface area contributed by atoms with E-state index < -0.39 is 40.6 Å². The van der Waals surface area contributed by atoms with Gasteiger partial charge in [-0.15, -0.1) is 0 Å². The monoisotopic (exact) mass is 448 g/mol. The Kier molecular flexibility index (Phi) is 6.56. The fourth-order valence-electron chi connectivity index (χ4n) is 3.02. The summed E-state index contributed by atoms with van der Waals surface area (Å²) in [5, 5.41) is 0. The highest BCUT2D eigenvalue weighted by Gasteiger charge is 2.35. The van der Waals surface area contributed by atoms with Gasteiger partial charge in [0.25, 0.3) is 5.91 Å². The molecule has 164 valence electrons. The minimum atomic E-state index is -4.26. The van der Waals surface area contributed by atoms with Crippen LogP contribution in [0.4, 0.5) is 4.79 Å². The average molecular weight is 448 g/mol. The van der Waals surface area contributed by atoms with E-state index in [0.29, 0.717) is 5.56 Å². The Bertz CT molecular complexity index is 1090. The lowest BCUT2D eigenvalue weighted by molar-refractivity contribution is -0.126. The van der Waals surface area contributed by atoms with E-state index in [-0.39, 0.29) is 22.8 Å². The standard InChI is InChI=1S/C20H20N2O8S/c1-28-16-9-8-14(19(24)29-2)10-17(16)31(26,27)21-15(13-6-4-3-5-7-13)11-22-18(23)12-30-20(22)25/h3-10,15,21H,11-12H2,1-2H3. The van der Waals surface area contributed by atoms with E-state index >= 15 is 0 Å². The molecule has 1 aliphatic rings. The number of sulfonamides is 1. The van der Waals surface area contributed by atoms with Crippen molar-refractivity contribution < 1.29 is 37.0 Å². The normalized spacial score (nSPS) is 14.8. The molecule has 1 unspecified atom stereocenters. The first-order valence-electron chi connectivity index (χ1n) is 9.07. The molecule has 1 atom stereocenters. The number of carbonyl (C=O) groups excluding carboxylic acids is 3. The topological polar surface area (TPSA) is 128 Å². The van der Waals surface area contributed by atoms with Crippen molar-refractivity contribution in [2.45, 2.75) is 10.9 Å². The smallest absolute Gasteiger partial charge is 0.417 e. The Balaban J connectivity index is 1.99. The van der Waals surface area contributed by atoms with Crippen LogP contribution in [0.15, 0.2) is 53.4 Å². The van der Waals surface area contributed by atoms with Gasteiger partial charge in [0.05, 0.1) is 32.4 Å². The Morgan fingerprint density at radius 2 is 1.87 bits per heavy atom. The van der Waals surface area contributed by atoms with Gasteiger partial charge >= 0.3 is 12.1 Å². The minimum absolute atomic E-state index is 0.00335. The quantitative estimate of drug-likeness (QED) is 0.602. The van der Waals surface area contributed by atoms with Crippen molar-refractivity contribution in [3.63, 3.8) is 0 Å². The number of ether oxygens (including phenoxy) is 3. The van der Waals surface area contributed by atoms with Crippen LogP contribution in [-0.4, -0.2) is 58.7 Å². The summed E-state index contributed by atoms with van der Waals surface area (Å²) in [5.41, 5.74) is 0.528. The van der Waals surface area contributed by atoms with Crippen LogP contribution >= 0.6 is 0 Å². The van der Waals surface area contributed by atoms with Crippen LogP contribution < -0.4 is 9.46 Å². The van der Waals surface area contributed by atoms with E-state index in [1.165, 1.54) is 26.4 Å². The second-order valence-electron chi connectivity index (χ2n) is 6.50. The summed E-state index contributed by atoms with van der Waals surface area (Å²) >= 11 is 0. The number of nitrogens with zero attached hydrogens (tertiary/aromatic N) is 1. The SMILES string of the molecule is COC(=O)c1ccc(OC)c(S(=O)(=O)NC(CN2C(=O)COC2=O)c2ccccc2)c1. The fraction of sp³-hybridized carbons (Fsp3) is 0.250. The van der Waals surface area contributed by atoms with Gasteiger partial charge in [-0.2, -0.15) is 0 Å². The Morgan fingerprint density at radius 3 is 2.45 bits per heavy atom. The first kappa shape index (κ1) is 22.2. The number of esters is 1. The molecular formula is C20H20N2O8S. The largest absolute Gasteiger partial charge is 0.495 e. The van der Waals surface area contributed by atoms with Crippen molar-refractivity contribution in [1.82, 2.24) is 9.62 Å². The van der Waals surface area contributed by atoms with Crippen LogP contribution in [0.1, 0.15) is 22.0 Å². The van der Waals surface area contributed by atoms with Crippen molar-refractivity contribution >= 4 is 28.0 Å². The number of imide groups is 1. The van der Waals surface area contributed by atoms with Gasteiger partial charge in [-0.3, -0.25) is 4.79 Å². The highest BCUT2D eigenvalue weighted by Crippen LogP contribution is 2.28. The summed E-state index contributed by atoms with van der Waals surface area (Å²) in [7, 11) is -1.80. The summed E-state index contributed by atoms with van der Waals surface area (Å²) in [6.07, 6.45) is -0.851. The lowest BCUT2D eigenvalue weighted by Crippen LogP contribution is -2.40. The maximum absolute atomic E-state index is 13.2.